The minimum Gasteiger partial charge on any atom is -0.356 e. The molecule has 0 fully saturated rings. The fourth-order valence-corrected chi connectivity index (χ4v) is 2.91. The van der Waals surface area contributed by atoms with Crippen molar-refractivity contribution in [3.8, 4) is 0 Å². The lowest BCUT2D eigenvalue weighted by Crippen LogP contribution is -2.31. The predicted molar refractivity (Wildman–Crippen MR) is 105 cm³/mol. The second kappa shape index (κ2) is 8.25. The van der Waals surface area contributed by atoms with Crippen LogP contribution in [0.3, 0.4) is 0 Å². The van der Waals surface area contributed by atoms with Crippen LogP contribution >= 0.6 is 23.8 Å². The first-order valence-electron chi connectivity index (χ1n) is 7.97. The average molecular weight is 390 g/mol. The summed E-state index contributed by atoms with van der Waals surface area (Å²) in [7, 11) is 0. The third-order valence-corrected chi connectivity index (χ3v) is 4.33. The lowest BCUT2D eigenvalue weighted by molar-refractivity contribution is 0.624. The SMILES string of the molecule is CC(NC(=S)Nc1ncn(Cc2ccc(F)cc2Cl)n1)c1ccccc1. The molecule has 5 nitrogen and oxygen atoms in total. The first-order chi connectivity index (χ1) is 12.5. The molecule has 0 aliphatic heterocycles. The second-order valence-electron chi connectivity index (χ2n) is 5.73. The van der Waals surface area contributed by atoms with E-state index in [0.717, 1.165) is 11.1 Å². The van der Waals surface area contributed by atoms with E-state index in [9.17, 15) is 4.39 Å². The molecule has 1 atom stereocenters. The monoisotopic (exact) mass is 389 g/mol. The molecule has 1 unspecified atom stereocenters. The van der Waals surface area contributed by atoms with E-state index in [0.29, 0.717) is 22.6 Å². The van der Waals surface area contributed by atoms with Crippen LogP contribution < -0.4 is 10.6 Å². The fraction of sp³-hybridized carbons (Fsp3) is 0.167. The number of aromatic nitrogens is 3. The van der Waals surface area contributed by atoms with Crippen molar-refractivity contribution in [2.24, 2.45) is 0 Å². The summed E-state index contributed by atoms with van der Waals surface area (Å²) >= 11 is 11.4. The molecular formula is C18H17ClFN5S. The van der Waals surface area contributed by atoms with Crippen molar-refractivity contribution >= 4 is 34.9 Å². The van der Waals surface area contributed by atoms with Gasteiger partial charge < -0.3 is 5.32 Å². The third kappa shape index (κ3) is 4.77. The van der Waals surface area contributed by atoms with Crippen molar-refractivity contribution in [1.82, 2.24) is 20.1 Å². The van der Waals surface area contributed by atoms with Crippen LogP contribution in [0, 0.1) is 5.82 Å². The van der Waals surface area contributed by atoms with Crippen LogP contribution in [0.15, 0.2) is 54.9 Å². The maximum atomic E-state index is 13.1. The lowest BCUT2D eigenvalue weighted by atomic mass is 10.1. The largest absolute Gasteiger partial charge is 0.356 e. The van der Waals surface area contributed by atoms with Crippen molar-refractivity contribution in [2.75, 3.05) is 5.32 Å². The molecular weight excluding hydrogens is 373 g/mol. The highest BCUT2D eigenvalue weighted by molar-refractivity contribution is 7.80. The van der Waals surface area contributed by atoms with Gasteiger partial charge in [-0.1, -0.05) is 48.0 Å². The van der Waals surface area contributed by atoms with Crippen molar-refractivity contribution in [3.05, 3.63) is 76.8 Å². The van der Waals surface area contributed by atoms with Gasteiger partial charge in [-0.2, -0.15) is 0 Å². The lowest BCUT2D eigenvalue weighted by Gasteiger charge is -2.16. The van der Waals surface area contributed by atoms with Gasteiger partial charge in [-0.05, 0) is 42.4 Å². The van der Waals surface area contributed by atoms with E-state index in [4.69, 9.17) is 23.8 Å². The topological polar surface area (TPSA) is 54.8 Å². The van der Waals surface area contributed by atoms with Gasteiger partial charge in [-0.3, -0.25) is 5.32 Å². The van der Waals surface area contributed by atoms with Gasteiger partial charge in [0.15, 0.2) is 5.11 Å². The number of hydrogen-bond donors (Lipinski definition) is 2. The van der Waals surface area contributed by atoms with Crippen LogP contribution in [0.25, 0.3) is 0 Å². The van der Waals surface area contributed by atoms with Crippen molar-refractivity contribution < 1.29 is 4.39 Å². The van der Waals surface area contributed by atoms with E-state index in [2.05, 4.69) is 20.7 Å². The molecule has 3 aromatic rings. The van der Waals surface area contributed by atoms with Gasteiger partial charge in [0.05, 0.1) is 12.6 Å². The summed E-state index contributed by atoms with van der Waals surface area (Å²) in [5.41, 5.74) is 1.88. The Kier molecular flexibility index (Phi) is 5.80. The van der Waals surface area contributed by atoms with E-state index in [1.54, 1.807) is 17.1 Å². The Morgan fingerprint density at radius 2 is 2.04 bits per heavy atom. The Hall–Kier alpha value is -2.51. The zero-order valence-corrected chi connectivity index (χ0v) is 15.6. The van der Waals surface area contributed by atoms with E-state index >= 15 is 0 Å². The minimum absolute atomic E-state index is 0.0521. The number of nitrogens with zero attached hydrogens (tertiary/aromatic N) is 3. The number of benzene rings is 2. The van der Waals surface area contributed by atoms with E-state index in [-0.39, 0.29) is 11.9 Å². The molecule has 134 valence electrons. The fourth-order valence-electron chi connectivity index (χ4n) is 2.41. The summed E-state index contributed by atoms with van der Waals surface area (Å²) in [6.45, 7) is 2.40. The molecule has 2 aromatic carbocycles. The molecule has 3 rings (SSSR count). The van der Waals surface area contributed by atoms with Crippen LogP contribution in [0.5, 0.6) is 0 Å². The van der Waals surface area contributed by atoms with E-state index in [1.165, 1.54) is 12.1 Å². The van der Waals surface area contributed by atoms with E-state index < -0.39 is 0 Å². The summed E-state index contributed by atoms with van der Waals surface area (Å²) in [5.74, 6) is 0.00431. The zero-order chi connectivity index (χ0) is 18.5. The molecule has 0 saturated carbocycles. The van der Waals surface area contributed by atoms with Gasteiger partial charge in [-0.25, -0.2) is 14.1 Å². The Balaban J connectivity index is 1.58. The van der Waals surface area contributed by atoms with Crippen LogP contribution in [0.1, 0.15) is 24.1 Å². The molecule has 0 aliphatic carbocycles. The Labute approximate surface area is 161 Å². The molecule has 0 bridgehead atoms. The number of halogens is 2. The van der Waals surface area contributed by atoms with Gasteiger partial charge in [0.1, 0.15) is 12.1 Å². The highest BCUT2D eigenvalue weighted by Crippen LogP contribution is 2.18. The highest BCUT2D eigenvalue weighted by Gasteiger charge is 2.09. The van der Waals surface area contributed by atoms with E-state index in [1.807, 2.05) is 37.3 Å². The van der Waals surface area contributed by atoms with Crippen molar-refractivity contribution in [1.29, 1.82) is 0 Å². The molecule has 0 aliphatic rings. The predicted octanol–water partition coefficient (Wildman–Crippen LogP) is 4.17. The van der Waals surface area contributed by atoms with Crippen LogP contribution in [-0.2, 0) is 6.54 Å². The molecule has 8 heteroatoms. The molecule has 0 radical (unpaired) electrons. The first-order valence-corrected chi connectivity index (χ1v) is 8.76. The van der Waals surface area contributed by atoms with Gasteiger partial charge in [0.2, 0.25) is 5.95 Å². The molecule has 1 aromatic heterocycles. The van der Waals surface area contributed by atoms with Crippen molar-refractivity contribution in [3.63, 3.8) is 0 Å². The normalized spacial score (nSPS) is 11.8. The smallest absolute Gasteiger partial charge is 0.248 e. The summed E-state index contributed by atoms with van der Waals surface area (Å²) < 4.78 is 14.7. The van der Waals surface area contributed by atoms with Crippen LogP contribution in [0.2, 0.25) is 5.02 Å². The number of anilines is 1. The maximum Gasteiger partial charge on any atom is 0.248 e. The summed E-state index contributed by atoms with van der Waals surface area (Å²) in [6, 6.07) is 14.3. The Morgan fingerprint density at radius 3 is 2.77 bits per heavy atom. The second-order valence-corrected chi connectivity index (χ2v) is 6.55. The third-order valence-electron chi connectivity index (χ3n) is 3.76. The zero-order valence-electron chi connectivity index (χ0n) is 14.0. The molecule has 1 heterocycles. The molecule has 0 saturated heterocycles. The maximum absolute atomic E-state index is 13.1. The summed E-state index contributed by atoms with van der Waals surface area (Å²) in [5, 5.41) is 11.2. The Bertz CT molecular complexity index is 900. The highest BCUT2D eigenvalue weighted by atomic mass is 35.5. The summed E-state index contributed by atoms with van der Waals surface area (Å²) in [4.78, 5) is 4.18. The number of thiocarbonyl (C=S) groups is 1. The summed E-state index contributed by atoms with van der Waals surface area (Å²) in [6.07, 6.45) is 1.56. The minimum atomic E-state index is -0.372. The number of rotatable bonds is 5. The molecule has 2 N–H and O–H groups in total. The molecule has 0 amide bonds. The van der Waals surface area contributed by atoms with Gasteiger partial charge >= 0.3 is 0 Å². The van der Waals surface area contributed by atoms with Gasteiger partial charge in [0, 0.05) is 5.02 Å². The number of hydrogen-bond acceptors (Lipinski definition) is 3. The molecule has 0 spiro atoms. The van der Waals surface area contributed by atoms with Crippen LogP contribution in [-0.4, -0.2) is 19.9 Å². The number of nitrogens with one attached hydrogen (secondary N) is 2. The van der Waals surface area contributed by atoms with Crippen molar-refractivity contribution in [2.45, 2.75) is 19.5 Å². The first kappa shape index (κ1) is 18.3. The average Bonchev–Trinajstić information content (AvgIpc) is 3.05. The Morgan fingerprint density at radius 1 is 1.27 bits per heavy atom. The van der Waals surface area contributed by atoms with Gasteiger partial charge in [-0.15, -0.1) is 5.10 Å². The molecule has 26 heavy (non-hydrogen) atoms. The standard InChI is InChI=1S/C18H17ClFN5S/c1-12(13-5-3-2-4-6-13)22-18(26)23-17-21-11-25(24-17)10-14-7-8-15(20)9-16(14)19/h2-9,11-12H,10H2,1H3,(H2,22,23,24,26). The van der Waals surface area contributed by atoms with Gasteiger partial charge in [0.25, 0.3) is 0 Å². The van der Waals surface area contributed by atoms with Crippen LogP contribution in [0.4, 0.5) is 10.3 Å². The quantitative estimate of drug-likeness (QED) is 0.641.